The van der Waals surface area contributed by atoms with Crippen LogP contribution in [0.15, 0.2) is 0 Å². The Hall–Kier alpha value is -1.30. The van der Waals surface area contributed by atoms with Gasteiger partial charge in [0.15, 0.2) is 0 Å². The first-order valence-electron chi connectivity index (χ1n) is 4.24. The van der Waals surface area contributed by atoms with Gasteiger partial charge in [0.25, 0.3) is 0 Å². The third kappa shape index (κ3) is 1.33. The molecule has 1 aliphatic rings. The summed E-state index contributed by atoms with van der Waals surface area (Å²) in [5.41, 5.74) is -0.913. The van der Waals surface area contributed by atoms with Gasteiger partial charge in [0.1, 0.15) is 11.2 Å². The maximum Gasteiger partial charge on any atom is 0.237 e. The van der Waals surface area contributed by atoms with Crippen LogP contribution in [0.25, 0.3) is 0 Å². The topological polar surface area (TPSA) is 37.4 Å². The van der Waals surface area contributed by atoms with E-state index in [1.165, 1.54) is 6.92 Å². The number of hydrogen-bond acceptors (Lipinski definition) is 2. The van der Waals surface area contributed by atoms with Crippen molar-refractivity contribution < 1.29 is 9.59 Å². The number of amides is 1. The average molecular weight is 179 g/mol. The molecule has 3 heteroatoms. The Balaban J connectivity index is 3.00. The van der Waals surface area contributed by atoms with E-state index in [1.54, 1.807) is 11.9 Å². The SMILES string of the molecule is C#CC[C@]1(C(C)=O)CCN(C)C1=O. The Morgan fingerprint density at radius 3 is 2.69 bits per heavy atom. The lowest BCUT2D eigenvalue weighted by Crippen LogP contribution is -2.37. The third-order valence-electron chi connectivity index (χ3n) is 2.71. The second-order valence-corrected chi connectivity index (χ2v) is 3.50. The Kier molecular flexibility index (Phi) is 2.42. The van der Waals surface area contributed by atoms with Gasteiger partial charge in [-0.3, -0.25) is 9.59 Å². The molecule has 0 unspecified atom stereocenters. The highest BCUT2D eigenvalue weighted by Crippen LogP contribution is 2.35. The van der Waals surface area contributed by atoms with Crippen LogP contribution in [0.1, 0.15) is 19.8 Å². The summed E-state index contributed by atoms with van der Waals surface area (Å²) in [6, 6.07) is 0. The number of hydrogen-bond donors (Lipinski definition) is 0. The molecular weight excluding hydrogens is 166 g/mol. The van der Waals surface area contributed by atoms with Crippen LogP contribution in [0.2, 0.25) is 0 Å². The zero-order chi connectivity index (χ0) is 10.1. The van der Waals surface area contributed by atoms with Crippen LogP contribution < -0.4 is 0 Å². The van der Waals surface area contributed by atoms with Crippen LogP contribution in [0, 0.1) is 17.8 Å². The maximum absolute atomic E-state index is 11.7. The van der Waals surface area contributed by atoms with Gasteiger partial charge in [-0.2, -0.15) is 0 Å². The number of rotatable bonds is 2. The van der Waals surface area contributed by atoms with Gasteiger partial charge in [0.2, 0.25) is 5.91 Å². The van der Waals surface area contributed by atoms with Crippen molar-refractivity contribution in [2.24, 2.45) is 5.41 Å². The van der Waals surface area contributed by atoms with Crippen molar-refractivity contribution in [2.75, 3.05) is 13.6 Å². The zero-order valence-corrected chi connectivity index (χ0v) is 7.96. The highest BCUT2D eigenvalue weighted by Gasteiger charge is 2.48. The van der Waals surface area contributed by atoms with Crippen LogP contribution in [-0.4, -0.2) is 30.2 Å². The minimum atomic E-state index is -0.913. The first-order valence-corrected chi connectivity index (χ1v) is 4.24. The standard InChI is InChI=1S/C10H13NO2/c1-4-5-10(8(2)12)6-7-11(3)9(10)13/h1H,5-7H2,2-3H3/t10-/m1/s1. The van der Waals surface area contributed by atoms with Gasteiger partial charge in [-0.15, -0.1) is 12.3 Å². The van der Waals surface area contributed by atoms with E-state index >= 15 is 0 Å². The molecule has 1 heterocycles. The molecule has 13 heavy (non-hydrogen) atoms. The lowest BCUT2D eigenvalue weighted by molar-refractivity contribution is -0.142. The highest BCUT2D eigenvalue weighted by molar-refractivity contribution is 6.06. The number of ketones is 1. The summed E-state index contributed by atoms with van der Waals surface area (Å²) in [6.45, 7) is 2.06. The molecule has 1 aliphatic heterocycles. The molecule has 0 aromatic heterocycles. The zero-order valence-electron chi connectivity index (χ0n) is 7.96. The number of carbonyl (C=O) groups is 2. The number of terminal acetylenes is 1. The lowest BCUT2D eigenvalue weighted by Gasteiger charge is -2.21. The number of Topliss-reactive ketones (excluding diaryl/α,β-unsaturated/α-hetero) is 1. The van der Waals surface area contributed by atoms with Crippen molar-refractivity contribution in [1.82, 2.24) is 4.90 Å². The maximum atomic E-state index is 11.7. The van der Waals surface area contributed by atoms with Gasteiger partial charge in [-0.05, 0) is 13.3 Å². The van der Waals surface area contributed by atoms with Gasteiger partial charge in [-0.1, -0.05) is 0 Å². The summed E-state index contributed by atoms with van der Waals surface area (Å²) in [5, 5.41) is 0. The second kappa shape index (κ2) is 3.21. The first-order chi connectivity index (χ1) is 6.04. The van der Waals surface area contributed by atoms with E-state index in [0.717, 1.165) is 0 Å². The molecular formula is C10H13NO2. The molecule has 3 nitrogen and oxygen atoms in total. The van der Waals surface area contributed by atoms with Crippen molar-refractivity contribution in [2.45, 2.75) is 19.8 Å². The summed E-state index contributed by atoms with van der Waals surface area (Å²) in [5.74, 6) is 2.18. The molecule has 0 N–H and O–H groups in total. The average Bonchev–Trinajstić information content (AvgIpc) is 2.34. The number of nitrogens with zero attached hydrogens (tertiary/aromatic N) is 1. The minimum Gasteiger partial charge on any atom is -0.345 e. The molecule has 1 atom stereocenters. The van der Waals surface area contributed by atoms with Crippen molar-refractivity contribution in [1.29, 1.82) is 0 Å². The van der Waals surface area contributed by atoms with Crippen molar-refractivity contribution >= 4 is 11.7 Å². The Morgan fingerprint density at radius 2 is 2.38 bits per heavy atom. The van der Waals surface area contributed by atoms with E-state index in [1.807, 2.05) is 0 Å². The summed E-state index contributed by atoms with van der Waals surface area (Å²) in [7, 11) is 1.70. The van der Waals surface area contributed by atoms with Gasteiger partial charge in [-0.25, -0.2) is 0 Å². The molecule has 0 spiro atoms. The van der Waals surface area contributed by atoms with E-state index in [9.17, 15) is 9.59 Å². The van der Waals surface area contributed by atoms with Crippen molar-refractivity contribution in [3.05, 3.63) is 0 Å². The number of likely N-dealkylation sites (tertiary alicyclic amines) is 1. The fourth-order valence-electron chi connectivity index (χ4n) is 1.72. The molecule has 70 valence electrons. The molecule has 0 aromatic carbocycles. The van der Waals surface area contributed by atoms with Gasteiger partial charge in [0, 0.05) is 20.0 Å². The summed E-state index contributed by atoms with van der Waals surface area (Å²) in [4.78, 5) is 24.6. The molecule has 1 saturated heterocycles. The predicted molar refractivity (Wildman–Crippen MR) is 48.8 cm³/mol. The van der Waals surface area contributed by atoms with E-state index in [4.69, 9.17) is 6.42 Å². The molecule has 0 radical (unpaired) electrons. The Morgan fingerprint density at radius 1 is 1.77 bits per heavy atom. The Bertz CT molecular complexity index is 290. The Labute approximate surface area is 78.1 Å². The smallest absolute Gasteiger partial charge is 0.237 e. The molecule has 0 aromatic rings. The lowest BCUT2D eigenvalue weighted by atomic mass is 9.79. The van der Waals surface area contributed by atoms with E-state index in [-0.39, 0.29) is 18.1 Å². The third-order valence-corrected chi connectivity index (χ3v) is 2.71. The second-order valence-electron chi connectivity index (χ2n) is 3.50. The fourth-order valence-corrected chi connectivity index (χ4v) is 1.72. The monoisotopic (exact) mass is 179 g/mol. The number of carbonyl (C=O) groups excluding carboxylic acids is 2. The van der Waals surface area contributed by atoms with Crippen LogP contribution in [0.4, 0.5) is 0 Å². The summed E-state index contributed by atoms with van der Waals surface area (Å²) < 4.78 is 0. The molecule has 0 bridgehead atoms. The van der Waals surface area contributed by atoms with E-state index < -0.39 is 5.41 Å². The van der Waals surface area contributed by atoms with Crippen LogP contribution in [0.3, 0.4) is 0 Å². The summed E-state index contributed by atoms with van der Waals surface area (Å²) >= 11 is 0. The normalized spacial score (nSPS) is 27.5. The molecule has 1 fully saturated rings. The molecule has 1 rings (SSSR count). The van der Waals surface area contributed by atoms with Gasteiger partial charge >= 0.3 is 0 Å². The van der Waals surface area contributed by atoms with E-state index in [2.05, 4.69) is 5.92 Å². The molecule has 0 aliphatic carbocycles. The van der Waals surface area contributed by atoms with Gasteiger partial charge in [0.05, 0.1) is 0 Å². The molecule has 0 saturated carbocycles. The van der Waals surface area contributed by atoms with Crippen molar-refractivity contribution in [3.8, 4) is 12.3 Å². The summed E-state index contributed by atoms with van der Waals surface area (Å²) in [6.07, 6.45) is 5.95. The van der Waals surface area contributed by atoms with Crippen molar-refractivity contribution in [3.63, 3.8) is 0 Å². The highest BCUT2D eigenvalue weighted by atomic mass is 16.2. The van der Waals surface area contributed by atoms with Crippen LogP contribution in [-0.2, 0) is 9.59 Å². The quantitative estimate of drug-likeness (QED) is 0.456. The van der Waals surface area contributed by atoms with Gasteiger partial charge < -0.3 is 4.90 Å². The fraction of sp³-hybridized carbons (Fsp3) is 0.600. The predicted octanol–water partition coefficient (Wildman–Crippen LogP) is 0.447. The molecule has 1 amide bonds. The first kappa shape index (κ1) is 9.79. The van der Waals surface area contributed by atoms with Crippen LogP contribution >= 0.6 is 0 Å². The van der Waals surface area contributed by atoms with Crippen LogP contribution in [0.5, 0.6) is 0 Å². The van der Waals surface area contributed by atoms with E-state index in [0.29, 0.717) is 13.0 Å². The minimum absolute atomic E-state index is 0.111. The largest absolute Gasteiger partial charge is 0.345 e.